The van der Waals surface area contributed by atoms with Crippen LogP contribution in [0.1, 0.15) is 6.92 Å². The highest BCUT2D eigenvalue weighted by atomic mass is 16.1. The maximum atomic E-state index is 11.5. The summed E-state index contributed by atoms with van der Waals surface area (Å²) in [4.78, 5) is 13.8. The molecule has 1 aromatic heterocycles. The number of nitrogens with zero attached hydrogens (tertiary/aromatic N) is 2. The zero-order chi connectivity index (χ0) is 11.5. The van der Waals surface area contributed by atoms with E-state index in [-0.39, 0.29) is 11.6 Å². The van der Waals surface area contributed by atoms with Crippen molar-refractivity contribution in [2.75, 3.05) is 19.6 Å². The SMILES string of the molecule is CC1CN(CCn2ccccc2=O)CC1N. The van der Waals surface area contributed by atoms with Crippen LogP contribution >= 0.6 is 0 Å². The van der Waals surface area contributed by atoms with E-state index in [1.807, 2.05) is 12.3 Å². The van der Waals surface area contributed by atoms with E-state index < -0.39 is 0 Å². The summed E-state index contributed by atoms with van der Waals surface area (Å²) in [5, 5.41) is 0. The highest BCUT2D eigenvalue weighted by Gasteiger charge is 2.25. The summed E-state index contributed by atoms with van der Waals surface area (Å²) in [5.74, 6) is 0.562. The van der Waals surface area contributed by atoms with Gasteiger partial charge in [0.2, 0.25) is 0 Å². The molecule has 1 aromatic rings. The maximum Gasteiger partial charge on any atom is 0.250 e. The van der Waals surface area contributed by atoms with Crippen molar-refractivity contribution < 1.29 is 0 Å². The molecule has 2 N–H and O–H groups in total. The smallest absolute Gasteiger partial charge is 0.250 e. The lowest BCUT2D eigenvalue weighted by Gasteiger charge is -2.15. The van der Waals surface area contributed by atoms with E-state index in [4.69, 9.17) is 5.73 Å². The second-order valence-corrected chi connectivity index (χ2v) is 4.63. The topological polar surface area (TPSA) is 51.3 Å². The Morgan fingerprint density at radius 1 is 1.38 bits per heavy atom. The Balaban J connectivity index is 1.89. The van der Waals surface area contributed by atoms with Crippen molar-refractivity contribution in [2.24, 2.45) is 11.7 Å². The van der Waals surface area contributed by atoms with Gasteiger partial charge in [-0.15, -0.1) is 0 Å². The van der Waals surface area contributed by atoms with E-state index in [0.717, 1.165) is 26.2 Å². The second kappa shape index (κ2) is 4.80. The predicted octanol–water partition coefficient (Wildman–Crippen LogP) is 0.127. The van der Waals surface area contributed by atoms with Crippen molar-refractivity contribution in [1.82, 2.24) is 9.47 Å². The van der Waals surface area contributed by atoms with Crippen LogP contribution in [0.4, 0.5) is 0 Å². The molecule has 1 aliphatic rings. The van der Waals surface area contributed by atoms with E-state index in [1.54, 1.807) is 16.7 Å². The average molecular weight is 221 g/mol. The van der Waals surface area contributed by atoms with Gasteiger partial charge in [0.15, 0.2) is 0 Å². The Bertz CT molecular complexity index is 391. The van der Waals surface area contributed by atoms with Crippen molar-refractivity contribution >= 4 is 0 Å². The molecule has 2 heterocycles. The van der Waals surface area contributed by atoms with E-state index in [2.05, 4.69) is 11.8 Å². The van der Waals surface area contributed by atoms with E-state index in [0.29, 0.717) is 5.92 Å². The van der Waals surface area contributed by atoms with Gasteiger partial charge in [0, 0.05) is 44.5 Å². The average Bonchev–Trinajstić information content (AvgIpc) is 2.57. The van der Waals surface area contributed by atoms with Gasteiger partial charge in [-0.25, -0.2) is 0 Å². The summed E-state index contributed by atoms with van der Waals surface area (Å²) in [5.41, 5.74) is 6.03. The lowest BCUT2D eigenvalue weighted by molar-refractivity contribution is 0.309. The summed E-state index contributed by atoms with van der Waals surface area (Å²) in [6.07, 6.45) is 1.84. The standard InChI is InChI=1S/C12H19N3O/c1-10-8-14(9-11(10)13)6-7-15-5-3-2-4-12(15)16/h2-5,10-11H,6-9,13H2,1H3. The minimum atomic E-state index is 0.0686. The molecule has 2 atom stereocenters. The van der Waals surface area contributed by atoms with Crippen molar-refractivity contribution in [3.8, 4) is 0 Å². The molecule has 0 saturated carbocycles. The van der Waals surface area contributed by atoms with Gasteiger partial charge in [-0.05, 0) is 12.0 Å². The fraction of sp³-hybridized carbons (Fsp3) is 0.583. The Kier molecular flexibility index (Phi) is 3.41. The molecule has 0 aliphatic carbocycles. The fourth-order valence-corrected chi connectivity index (χ4v) is 2.17. The number of hydrogen-bond acceptors (Lipinski definition) is 3. The van der Waals surface area contributed by atoms with Gasteiger partial charge in [-0.3, -0.25) is 9.69 Å². The molecule has 16 heavy (non-hydrogen) atoms. The molecular weight excluding hydrogens is 202 g/mol. The number of nitrogens with two attached hydrogens (primary N) is 1. The third-order valence-corrected chi connectivity index (χ3v) is 3.30. The molecule has 0 aromatic carbocycles. The largest absolute Gasteiger partial charge is 0.326 e. The first-order chi connectivity index (χ1) is 7.66. The molecule has 88 valence electrons. The number of hydrogen-bond donors (Lipinski definition) is 1. The van der Waals surface area contributed by atoms with Crippen LogP contribution in [-0.2, 0) is 6.54 Å². The Labute approximate surface area is 95.7 Å². The van der Waals surface area contributed by atoms with Crippen LogP contribution in [-0.4, -0.2) is 35.1 Å². The zero-order valence-corrected chi connectivity index (χ0v) is 9.67. The van der Waals surface area contributed by atoms with Gasteiger partial charge >= 0.3 is 0 Å². The molecule has 1 saturated heterocycles. The summed E-state index contributed by atoms with van der Waals surface area (Å²) >= 11 is 0. The van der Waals surface area contributed by atoms with Crippen molar-refractivity contribution in [2.45, 2.75) is 19.5 Å². The van der Waals surface area contributed by atoms with Crippen LogP contribution in [0, 0.1) is 5.92 Å². The van der Waals surface area contributed by atoms with Crippen LogP contribution in [0.2, 0.25) is 0 Å². The quantitative estimate of drug-likeness (QED) is 0.789. The lowest BCUT2D eigenvalue weighted by atomic mass is 10.1. The fourth-order valence-electron chi connectivity index (χ4n) is 2.17. The summed E-state index contributed by atoms with van der Waals surface area (Å²) in [6, 6.07) is 5.54. The van der Waals surface area contributed by atoms with E-state index >= 15 is 0 Å². The molecule has 0 radical (unpaired) electrons. The lowest BCUT2D eigenvalue weighted by Crippen LogP contribution is -2.31. The summed E-state index contributed by atoms with van der Waals surface area (Å²) in [6.45, 7) is 5.83. The third kappa shape index (κ3) is 2.51. The van der Waals surface area contributed by atoms with Crippen molar-refractivity contribution in [3.05, 3.63) is 34.7 Å². The van der Waals surface area contributed by atoms with Gasteiger partial charge in [0.05, 0.1) is 0 Å². The molecule has 4 nitrogen and oxygen atoms in total. The van der Waals surface area contributed by atoms with E-state index in [1.165, 1.54) is 0 Å². The summed E-state index contributed by atoms with van der Waals surface area (Å²) < 4.78 is 1.74. The van der Waals surface area contributed by atoms with Crippen LogP contribution in [0.3, 0.4) is 0 Å². The highest BCUT2D eigenvalue weighted by Crippen LogP contribution is 2.13. The first-order valence-electron chi connectivity index (χ1n) is 5.80. The third-order valence-electron chi connectivity index (χ3n) is 3.30. The second-order valence-electron chi connectivity index (χ2n) is 4.63. The highest BCUT2D eigenvalue weighted by molar-refractivity contribution is 4.93. The van der Waals surface area contributed by atoms with Crippen LogP contribution in [0.5, 0.6) is 0 Å². The number of pyridine rings is 1. The minimum absolute atomic E-state index is 0.0686. The molecular formula is C12H19N3O. The van der Waals surface area contributed by atoms with Gasteiger partial charge in [-0.2, -0.15) is 0 Å². The first-order valence-corrected chi connectivity index (χ1v) is 5.80. The summed E-state index contributed by atoms with van der Waals surface area (Å²) in [7, 11) is 0. The predicted molar refractivity (Wildman–Crippen MR) is 64.3 cm³/mol. The van der Waals surface area contributed by atoms with Crippen molar-refractivity contribution in [1.29, 1.82) is 0 Å². The molecule has 0 bridgehead atoms. The minimum Gasteiger partial charge on any atom is -0.326 e. The number of aromatic nitrogens is 1. The van der Waals surface area contributed by atoms with Gasteiger partial charge < -0.3 is 10.3 Å². The molecule has 4 heteroatoms. The van der Waals surface area contributed by atoms with Gasteiger partial charge in [-0.1, -0.05) is 13.0 Å². The molecule has 2 unspecified atom stereocenters. The maximum absolute atomic E-state index is 11.5. The molecule has 2 rings (SSSR count). The number of rotatable bonds is 3. The Morgan fingerprint density at radius 2 is 2.19 bits per heavy atom. The Morgan fingerprint density at radius 3 is 2.81 bits per heavy atom. The normalized spacial score (nSPS) is 26.1. The monoisotopic (exact) mass is 221 g/mol. The van der Waals surface area contributed by atoms with Crippen LogP contribution in [0.25, 0.3) is 0 Å². The first kappa shape index (κ1) is 11.4. The molecule has 1 fully saturated rings. The molecule has 0 amide bonds. The van der Waals surface area contributed by atoms with Crippen molar-refractivity contribution in [3.63, 3.8) is 0 Å². The van der Waals surface area contributed by atoms with Crippen LogP contribution in [0.15, 0.2) is 29.2 Å². The number of likely N-dealkylation sites (tertiary alicyclic amines) is 1. The van der Waals surface area contributed by atoms with Crippen LogP contribution < -0.4 is 11.3 Å². The Hall–Kier alpha value is -1.13. The molecule has 1 aliphatic heterocycles. The van der Waals surface area contributed by atoms with Gasteiger partial charge in [0.1, 0.15) is 0 Å². The molecule has 0 spiro atoms. The van der Waals surface area contributed by atoms with Gasteiger partial charge in [0.25, 0.3) is 5.56 Å². The van der Waals surface area contributed by atoms with E-state index in [9.17, 15) is 4.79 Å². The zero-order valence-electron chi connectivity index (χ0n) is 9.67.